The van der Waals surface area contributed by atoms with E-state index in [1.807, 2.05) is 60.1 Å². The van der Waals surface area contributed by atoms with Crippen molar-refractivity contribution in [2.75, 3.05) is 0 Å². The first-order chi connectivity index (χ1) is 10.1. The fourth-order valence-electron chi connectivity index (χ4n) is 1.33. The predicted molar refractivity (Wildman–Crippen MR) is 96.4 cm³/mol. The molecule has 0 bridgehead atoms. The van der Waals surface area contributed by atoms with Crippen LogP contribution >= 0.6 is 0 Å². The van der Waals surface area contributed by atoms with E-state index in [0.717, 1.165) is 0 Å². The average Bonchev–Trinajstić information content (AvgIpc) is 2.21. The van der Waals surface area contributed by atoms with Gasteiger partial charge < -0.3 is 13.7 Å². The summed E-state index contributed by atoms with van der Waals surface area (Å²) in [5.74, 6) is -0.845. The Hall–Kier alpha value is -1.16. The van der Waals surface area contributed by atoms with E-state index in [0.29, 0.717) is 0 Å². The minimum absolute atomic E-state index is 0.0808. The van der Waals surface area contributed by atoms with E-state index in [-0.39, 0.29) is 24.5 Å². The van der Waals surface area contributed by atoms with Gasteiger partial charge in [0.25, 0.3) is 5.97 Å². The van der Waals surface area contributed by atoms with Gasteiger partial charge in [-0.3, -0.25) is 4.79 Å². The molecule has 0 aliphatic carbocycles. The second-order valence-electron chi connectivity index (χ2n) is 8.33. The Balaban J connectivity index is 4.93. The Labute approximate surface area is 141 Å². The highest BCUT2D eigenvalue weighted by Crippen LogP contribution is 2.12. The zero-order chi connectivity index (χ0) is 18.5. The van der Waals surface area contributed by atoms with Gasteiger partial charge in [-0.2, -0.15) is 0 Å². The van der Waals surface area contributed by atoms with E-state index in [1.165, 1.54) is 0 Å². The van der Waals surface area contributed by atoms with Crippen molar-refractivity contribution >= 4 is 34.3 Å². The molecule has 0 unspecified atom stereocenters. The number of carbonyl (C=O) groups is 2. The Bertz CT molecular complexity index is 456. The highest BCUT2D eigenvalue weighted by molar-refractivity contribution is 6.72. The van der Waals surface area contributed by atoms with Gasteiger partial charge >= 0.3 is 5.97 Å². The summed E-state index contributed by atoms with van der Waals surface area (Å²) in [5.41, 5.74) is -0.404. The van der Waals surface area contributed by atoms with E-state index in [1.54, 1.807) is 0 Å². The van der Waals surface area contributed by atoms with Gasteiger partial charge in [-0.25, -0.2) is 4.79 Å². The summed E-state index contributed by atoms with van der Waals surface area (Å²) in [6.45, 7) is 17.0. The van der Waals surface area contributed by atoms with Crippen LogP contribution in [-0.2, 0) is 23.3 Å². The van der Waals surface area contributed by atoms with E-state index >= 15 is 0 Å². The van der Waals surface area contributed by atoms with Gasteiger partial charge in [-0.1, -0.05) is 5.16 Å². The van der Waals surface area contributed by atoms with Crippen LogP contribution in [0.2, 0.25) is 39.3 Å². The zero-order valence-corrected chi connectivity index (χ0v) is 17.9. The summed E-state index contributed by atoms with van der Waals surface area (Å²) in [6, 6.07) is 0. The zero-order valence-electron chi connectivity index (χ0n) is 15.9. The van der Waals surface area contributed by atoms with E-state index < -0.39 is 28.2 Å². The van der Waals surface area contributed by atoms with Crippen LogP contribution in [0.4, 0.5) is 0 Å². The molecule has 0 radical (unpaired) electrons. The van der Waals surface area contributed by atoms with Crippen molar-refractivity contribution in [1.29, 1.82) is 0 Å². The van der Waals surface area contributed by atoms with E-state index in [4.69, 9.17) is 13.7 Å². The molecular formula is C15H31NO5Si2. The molecule has 134 valence electrons. The SMILES string of the molecule is CC(C)(C)O/N=C(/CCC(=O)O[Si](C)(C)C)C(=O)O[Si](C)(C)C. The molecule has 0 aromatic rings. The smallest absolute Gasteiger partial charge is 0.342 e. The third kappa shape index (κ3) is 13.0. The van der Waals surface area contributed by atoms with Gasteiger partial charge in [-0.05, 0) is 60.1 Å². The van der Waals surface area contributed by atoms with E-state index in [9.17, 15) is 9.59 Å². The monoisotopic (exact) mass is 361 g/mol. The van der Waals surface area contributed by atoms with Gasteiger partial charge in [0.1, 0.15) is 5.60 Å². The van der Waals surface area contributed by atoms with Crippen molar-refractivity contribution < 1.29 is 23.3 Å². The van der Waals surface area contributed by atoms with Gasteiger partial charge in [-0.15, -0.1) is 0 Å². The molecule has 0 saturated heterocycles. The molecule has 6 nitrogen and oxygen atoms in total. The first-order valence-corrected chi connectivity index (χ1v) is 14.6. The van der Waals surface area contributed by atoms with Crippen LogP contribution in [0.3, 0.4) is 0 Å². The van der Waals surface area contributed by atoms with Crippen molar-refractivity contribution in [3.8, 4) is 0 Å². The van der Waals surface area contributed by atoms with Crippen LogP contribution in [0.1, 0.15) is 33.6 Å². The summed E-state index contributed by atoms with van der Waals surface area (Å²) in [6.07, 6.45) is 0.222. The maximum atomic E-state index is 12.2. The Kier molecular flexibility index (Phi) is 7.69. The molecule has 0 saturated carbocycles. The van der Waals surface area contributed by atoms with Crippen LogP contribution in [0.25, 0.3) is 0 Å². The van der Waals surface area contributed by atoms with Crippen LogP contribution in [0.5, 0.6) is 0 Å². The number of hydrogen-bond donors (Lipinski definition) is 0. The van der Waals surface area contributed by atoms with Crippen LogP contribution < -0.4 is 0 Å². The minimum Gasteiger partial charge on any atom is -0.520 e. The number of nitrogens with zero attached hydrogens (tertiary/aromatic N) is 1. The lowest BCUT2D eigenvalue weighted by Gasteiger charge is -2.20. The van der Waals surface area contributed by atoms with Crippen molar-refractivity contribution in [3.63, 3.8) is 0 Å². The lowest BCUT2D eigenvalue weighted by molar-refractivity contribution is -0.134. The Morgan fingerprint density at radius 1 is 0.870 bits per heavy atom. The van der Waals surface area contributed by atoms with Crippen LogP contribution in [-0.4, -0.2) is 39.9 Å². The quantitative estimate of drug-likeness (QED) is 0.393. The summed E-state index contributed by atoms with van der Waals surface area (Å²) in [7, 11) is -3.98. The number of hydrogen-bond acceptors (Lipinski definition) is 6. The molecule has 0 aliphatic heterocycles. The minimum atomic E-state index is -2.05. The number of oxime groups is 1. The van der Waals surface area contributed by atoms with Crippen molar-refractivity contribution in [2.24, 2.45) is 5.16 Å². The number of rotatable bonds is 7. The molecular weight excluding hydrogens is 330 g/mol. The first-order valence-electron chi connectivity index (χ1n) is 7.79. The molecule has 0 aromatic carbocycles. The van der Waals surface area contributed by atoms with Gasteiger partial charge in [0, 0.05) is 6.42 Å². The van der Waals surface area contributed by atoms with Gasteiger partial charge in [0.05, 0.1) is 6.42 Å². The maximum absolute atomic E-state index is 12.2. The van der Waals surface area contributed by atoms with E-state index in [2.05, 4.69) is 5.16 Å². The molecule has 0 N–H and O–H groups in total. The molecule has 0 rings (SSSR count). The summed E-state index contributed by atoms with van der Waals surface area (Å²) >= 11 is 0. The molecule has 0 heterocycles. The fourth-order valence-corrected chi connectivity index (χ4v) is 2.79. The average molecular weight is 362 g/mol. The molecule has 8 heteroatoms. The predicted octanol–water partition coefficient (Wildman–Crippen LogP) is 3.69. The summed E-state index contributed by atoms with van der Waals surface area (Å²) < 4.78 is 10.8. The second-order valence-corrected chi connectivity index (χ2v) is 17.2. The van der Waals surface area contributed by atoms with Crippen molar-refractivity contribution in [2.45, 2.75) is 78.5 Å². The fraction of sp³-hybridized carbons (Fsp3) is 0.800. The third-order valence-electron chi connectivity index (χ3n) is 2.05. The van der Waals surface area contributed by atoms with Crippen molar-refractivity contribution in [1.82, 2.24) is 0 Å². The van der Waals surface area contributed by atoms with Crippen LogP contribution in [0.15, 0.2) is 5.16 Å². The lowest BCUT2D eigenvalue weighted by Crippen LogP contribution is -2.34. The summed E-state index contributed by atoms with van der Waals surface area (Å²) in [5, 5.41) is 3.92. The van der Waals surface area contributed by atoms with Crippen LogP contribution in [0, 0.1) is 0 Å². The third-order valence-corrected chi connectivity index (χ3v) is 3.69. The molecule has 0 spiro atoms. The second kappa shape index (κ2) is 8.09. The largest absolute Gasteiger partial charge is 0.520 e. The van der Waals surface area contributed by atoms with Crippen molar-refractivity contribution in [3.05, 3.63) is 0 Å². The Morgan fingerprint density at radius 2 is 1.35 bits per heavy atom. The lowest BCUT2D eigenvalue weighted by atomic mass is 10.2. The first kappa shape index (κ1) is 21.8. The molecule has 0 atom stereocenters. The topological polar surface area (TPSA) is 74.2 Å². The molecule has 0 fully saturated rings. The normalized spacial score (nSPS) is 13.5. The highest BCUT2D eigenvalue weighted by atomic mass is 28.4. The molecule has 23 heavy (non-hydrogen) atoms. The number of carbonyl (C=O) groups excluding carboxylic acids is 2. The highest BCUT2D eigenvalue weighted by Gasteiger charge is 2.26. The Morgan fingerprint density at radius 3 is 1.74 bits per heavy atom. The molecule has 0 aromatic heterocycles. The summed E-state index contributed by atoms with van der Waals surface area (Å²) in [4.78, 5) is 29.4. The standard InChI is InChI=1S/C15H31NO5Si2/c1-15(2,3)21-16-12(14(18)20-23(7,8)9)10-11-13(17)19-22(4,5)6/h10-11H2,1-9H3/b16-12-. The molecule has 0 aliphatic rings. The maximum Gasteiger partial charge on any atom is 0.342 e. The van der Waals surface area contributed by atoms with Gasteiger partial charge in [0.2, 0.25) is 16.6 Å². The van der Waals surface area contributed by atoms with Gasteiger partial charge in [0.15, 0.2) is 5.71 Å². The molecule has 0 amide bonds.